The van der Waals surface area contributed by atoms with Crippen LogP contribution in [-0.4, -0.2) is 22.7 Å². The van der Waals surface area contributed by atoms with Crippen LogP contribution in [0.3, 0.4) is 0 Å². The zero-order chi connectivity index (χ0) is 17.8. The molecule has 0 amide bonds. The summed E-state index contributed by atoms with van der Waals surface area (Å²) in [5.41, 5.74) is 3.15. The van der Waals surface area contributed by atoms with Crippen molar-refractivity contribution in [2.75, 3.05) is 4.72 Å². The van der Waals surface area contributed by atoms with Crippen molar-refractivity contribution in [1.29, 1.82) is 0 Å². The predicted molar refractivity (Wildman–Crippen MR) is 94.9 cm³/mol. The van der Waals surface area contributed by atoms with E-state index in [1.165, 1.54) is 10.8 Å². The molecule has 130 valence electrons. The summed E-state index contributed by atoms with van der Waals surface area (Å²) in [6.07, 6.45) is 4.47. The summed E-state index contributed by atoms with van der Waals surface area (Å²) < 4.78 is 33.2. The second-order valence-electron chi connectivity index (χ2n) is 6.63. The van der Waals surface area contributed by atoms with E-state index < -0.39 is 20.5 Å². The van der Waals surface area contributed by atoms with Crippen molar-refractivity contribution in [3.05, 3.63) is 47.2 Å². The van der Waals surface area contributed by atoms with E-state index in [9.17, 15) is 13.2 Å². The van der Waals surface area contributed by atoms with Crippen LogP contribution in [0.25, 0.3) is 22.2 Å². The molecule has 3 aromatic rings. The minimum absolute atomic E-state index is 0.423. The number of benzene rings is 1. The first-order chi connectivity index (χ1) is 11.8. The molecule has 2 heterocycles. The number of sulfonamides is 1. The molecule has 7 nitrogen and oxygen atoms in total. The molecule has 1 N–H and O–H groups in total. The summed E-state index contributed by atoms with van der Waals surface area (Å²) in [4.78, 5) is 15.7. The maximum absolute atomic E-state index is 12.4. The molecule has 1 aromatic carbocycles. The highest BCUT2D eigenvalue weighted by atomic mass is 32.2. The summed E-state index contributed by atoms with van der Waals surface area (Å²) in [7, 11) is -1.79. The third-order valence-electron chi connectivity index (χ3n) is 4.72. The van der Waals surface area contributed by atoms with Crippen LogP contribution < -0.4 is 10.5 Å². The zero-order valence-corrected chi connectivity index (χ0v) is 14.6. The fourth-order valence-electron chi connectivity index (χ4n) is 2.68. The van der Waals surface area contributed by atoms with Gasteiger partial charge in [-0.1, -0.05) is 6.07 Å². The lowest BCUT2D eigenvalue weighted by Gasteiger charge is -2.13. The highest BCUT2D eigenvalue weighted by Gasteiger charge is 2.50. The Labute approximate surface area is 144 Å². The molecule has 0 bridgehead atoms. The molecule has 0 spiro atoms. The average molecular weight is 359 g/mol. The van der Waals surface area contributed by atoms with Crippen LogP contribution in [-0.2, 0) is 17.1 Å². The van der Waals surface area contributed by atoms with Gasteiger partial charge in [0.2, 0.25) is 10.0 Å². The first-order valence-electron chi connectivity index (χ1n) is 7.86. The van der Waals surface area contributed by atoms with Gasteiger partial charge in [-0.3, -0.25) is 14.3 Å². The van der Waals surface area contributed by atoms with Gasteiger partial charge in [0.05, 0.1) is 22.1 Å². The fraction of sp³-hybridized carbons (Fsp3) is 0.294. The second kappa shape index (κ2) is 5.19. The Kier molecular flexibility index (Phi) is 3.30. The largest absolute Gasteiger partial charge is 0.419 e. The van der Waals surface area contributed by atoms with E-state index in [0.717, 1.165) is 11.1 Å². The molecular formula is C17H17N3O4S. The molecule has 0 atom stereocenters. The van der Waals surface area contributed by atoms with Gasteiger partial charge in [-0.05, 0) is 43.5 Å². The number of oxazole rings is 1. The number of rotatable bonds is 4. The van der Waals surface area contributed by atoms with Gasteiger partial charge >= 0.3 is 5.76 Å². The standard InChI is InChI=1S/C17H17N3O4S/c1-17(5-6-17)25(22,23)19-13-7-12(9-18-10-13)11-3-4-15-14(8-11)20(2)16(21)24-15/h3-4,7-10,19H,5-6H2,1-2H3. The number of aryl methyl sites for hydroxylation is 1. The van der Waals surface area contributed by atoms with Crippen molar-refractivity contribution in [2.24, 2.45) is 7.05 Å². The predicted octanol–water partition coefficient (Wildman–Crippen LogP) is 2.49. The fourth-order valence-corrected chi connectivity index (χ4v) is 3.99. The first-order valence-corrected chi connectivity index (χ1v) is 9.35. The van der Waals surface area contributed by atoms with Crippen LogP contribution in [0.4, 0.5) is 5.69 Å². The van der Waals surface area contributed by atoms with Crippen molar-refractivity contribution < 1.29 is 12.8 Å². The van der Waals surface area contributed by atoms with Crippen molar-refractivity contribution in [1.82, 2.24) is 9.55 Å². The molecule has 0 aliphatic heterocycles. The number of nitrogens with one attached hydrogen (secondary N) is 1. The summed E-state index contributed by atoms with van der Waals surface area (Å²) in [5, 5.41) is 0. The first kappa shape index (κ1) is 15.9. The summed E-state index contributed by atoms with van der Waals surface area (Å²) in [6, 6.07) is 7.07. The highest BCUT2D eigenvalue weighted by Crippen LogP contribution is 2.43. The third kappa shape index (κ3) is 2.62. The second-order valence-corrected chi connectivity index (χ2v) is 8.82. The Hall–Kier alpha value is -2.61. The van der Waals surface area contributed by atoms with Crippen LogP contribution in [0.15, 0.2) is 45.9 Å². The molecule has 1 saturated carbocycles. The van der Waals surface area contributed by atoms with E-state index >= 15 is 0 Å². The lowest BCUT2D eigenvalue weighted by atomic mass is 10.1. The summed E-state index contributed by atoms with van der Waals surface area (Å²) in [5.74, 6) is -0.426. The van der Waals surface area contributed by atoms with Gasteiger partial charge in [0.25, 0.3) is 0 Å². The van der Waals surface area contributed by atoms with Gasteiger partial charge < -0.3 is 4.42 Å². The van der Waals surface area contributed by atoms with Crippen molar-refractivity contribution in [2.45, 2.75) is 24.5 Å². The van der Waals surface area contributed by atoms with Crippen LogP contribution in [0, 0.1) is 0 Å². The molecule has 2 aromatic heterocycles. The lowest BCUT2D eigenvalue weighted by Crippen LogP contribution is -2.26. The number of nitrogens with zero attached hydrogens (tertiary/aromatic N) is 2. The van der Waals surface area contributed by atoms with Crippen molar-refractivity contribution in [3.63, 3.8) is 0 Å². The van der Waals surface area contributed by atoms with Gasteiger partial charge in [0.1, 0.15) is 0 Å². The van der Waals surface area contributed by atoms with Gasteiger partial charge in [-0.2, -0.15) is 0 Å². The Morgan fingerprint density at radius 3 is 2.68 bits per heavy atom. The molecule has 1 aliphatic carbocycles. The van der Waals surface area contributed by atoms with E-state index in [0.29, 0.717) is 29.6 Å². The molecule has 25 heavy (non-hydrogen) atoms. The number of fused-ring (bicyclic) bond motifs is 1. The maximum Gasteiger partial charge on any atom is 0.419 e. The molecule has 1 aliphatic rings. The molecule has 1 fully saturated rings. The normalized spacial score (nSPS) is 16.1. The topological polar surface area (TPSA) is 94.2 Å². The average Bonchev–Trinajstić information content (AvgIpc) is 3.27. The third-order valence-corrected chi connectivity index (χ3v) is 6.93. The van der Waals surface area contributed by atoms with Crippen LogP contribution in [0.1, 0.15) is 19.8 Å². The number of anilines is 1. The lowest BCUT2D eigenvalue weighted by molar-refractivity contribution is 0.528. The number of hydrogen-bond acceptors (Lipinski definition) is 5. The summed E-state index contributed by atoms with van der Waals surface area (Å²) >= 11 is 0. The van der Waals surface area contributed by atoms with Crippen molar-refractivity contribution in [3.8, 4) is 11.1 Å². The quantitative estimate of drug-likeness (QED) is 0.772. The van der Waals surface area contributed by atoms with E-state index in [4.69, 9.17) is 4.42 Å². The Morgan fingerprint density at radius 2 is 1.96 bits per heavy atom. The van der Waals surface area contributed by atoms with Crippen LogP contribution in [0.2, 0.25) is 0 Å². The maximum atomic E-state index is 12.4. The van der Waals surface area contributed by atoms with E-state index in [2.05, 4.69) is 9.71 Å². The molecule has 0 unspecified atom stereocenters. The Bertz CT molecular complexity index is 1140. The van der Waals surface area contributed by atoms with Crippen LogP contribution in [0.5, 0.6) is 0 Å². The smallest absolute Gasteiger partial charge is 0.408 e. The summed E-state index contributed by atoms with van der Waals surface area (Å²) in [6.45, 7) is 1.74. The van der Waals surface area contributed by atoms with Gasteiger partial charge in [0.15, 0.2) is 5.58 Å². The Balaban J connectivity index is 1.72. The molecule has 0 radical (unpaired) electrons. The zero-order valence-electron chi connectivity index (χ0n) is 13.8. The van der Waals surface area contributed by atoms with Gasteiger partial charge in [-0.25, -0.2) is 13.2 Å². The van der Waals surface area contributed by atoms with Crippen LogP contribution >= 0.6 is 0 Å². The number of hydrogen-bond donors (Lipinski definition) is 1. The monoisotopic (exact) mass is 359 g/mol. The highest BCUT2D eigenvalue weighted by molar-refractivity contribution is 7.94. The molecule has 0 saturated heterocycles. The SMILES string of the molecule is Cn1c(=O)oc2ccc(-c3cncc(NS(=O)(=O)C4(C)CC4)c3)cc21. The number of aromatic nitrogens is 2. The minimum atomic E-state index is -3.43. The van der Waals surface area contributed by atoms with E-state index in [1.807, 2.05) is 12.1 Å². The van der Waals surface area contributed by atoms with E-state index in [-0.39, 0.29) is 0 Å². The van der Waals surface area contributed by atoms with E-state index in [1.54, 1.807) is 32.3 Å². The molecule has 4 rings (SSSR count). The minimum Gasteiger partial charge on any atom is -0.408 e. The van der Waals surface area contributed by atoms with Gasteiger partial charge in [0, 0.05) is 18.8 Å². The van der Waals surface area contributed by atoms with Crippen molar-refractivity contribution >= 4 is 26.8 Å². The molecular weight excluding hydrogens is 342 g/mol. The number of pyridine rings is 1. The molecule has 8 heteroatoms. The Morgan fingerprint density at radius 1 is 1.20 bits per heavy atom. The van der Waals surface area contributed by atoms with Gasteiger partial charge in [-0.15, -0.1) is 0 Å².